The van der Waals surface area contributed by atoms with Crippen LogP contribution < -0.4 is 9.64 Å². The molecule has 2 aliphatic carbocycles. The van der Waals surface area contributed by atoms with Gasteiger partial charge in [0.25, 0.3) is 0 Å². The average molecular weight is 930 g/mol. The Balaban J connectivity index is 1.04. The Bertz CT molecular complexity index is 4050. The van der Waals surface area contributed by atoms with Crippen LogP contribution in [-0.2, 0) is 5.41 Å². The number of anilines is 3. The largest absolute Gasteiger partial charge is 0.456 e. The predicted octanol–water partition coefficient (Wildman–Crippen LogP) is 19.3. The van der Waals surface area contributed by atoms with Gasteiger partial charge in [0.2, 0.25) is 0 Å². The zero-order valence-corrected chi connectivity index (χ0v) is 39.9. The van der Waals surface area contributed by atoms with Crippen LogP contribution in [0.25, 0.3) is 75.5 Å². The average Bonchev–Trinajstić information content (AvgIpc) is 4.09. The highest BCUT2D eigenvalue weighted by Gasteiger charge is 2.52. The molecule has 3 aliphatic rings. The fraction of sp³-hybridized carbons (Fsp3) is 0.104. The van der Waals surface area contributed by atoms with Crippen molar-refractivity contribution in [2.24, 2.45) is 0 Å². The van der Waals surface area contributed by atoms with Gasteiger partial charge in [0.15, 0.2) is 0 Å². The van der Waals surface area contributed by atoms with Crippen molar-refractivity contribution in [1.29, 1.82) is 0 Å². The molecular formula is C67H47NO2S. The summed E-state index contributed by atoms with van der Waals surface area (Å²) < 4.78 is 16.8. The van der Waals surface area contributed by atoms with Crippen LogP contribution in [0.5, 0.6) is 11.5 Å². The normalized spacial score (nSPS) is 14.6. The summed E-state index contributed by atoms with van der Waals surface area (Å²) in [6.45, 7) is 0. The predicted molar refractivity (Wildman–Crippen MR) is 295 cm³/mol. The summed E-state index contributed by atoms with van der Waals surface area (Å²) in [7, 11) is 0. The first-order valence-electron chi connectivity index (χ1n) is 25.2. The Morgan fingerprint density at radius 3 is 1.89 bits per heavy atom. The van der Waals surface area contributed by atoms with E-state index in [9.17, 15) is 0 Å². The van der Waals surface area contributed by atoms with Gasteiger partial charge < -0.3 is 14.1 Å². The van der Waals surface area contributed by atoms with E-state index in [-0.39, 0.29) is 0 Å². The Morgan fingerprint density at radius 2 is 1.07 bits per heavy atom. The molecule has 1 spiro atoms. The van der Waals surface area contributed by atoms with Crippen LogP contribution in [0.3, 0.4) is 0 Å². The Labute approximate surface area is 416 Å². The molecule has 0 N–H and O–H groups in total. The highest BCUT2D eigenvalue weighted by molar-refractivity contribution is 7.25. The van der Waals surface area contributed by atoms with Crippen molar-refractivity contribution in [3.05, 3.63) is 246 Å². The van der Waals surface area contributed by atoms with Crippen molar-refractivity contribution in [3.63, 3.8) is 0 Å². The molecule has 2 aromatic heterocycles. The van der Waals surface area contributed by atoms with E-state index in [2.05, 4.69) is 223 Å². The molecule has 15 rings (SSSR count). The van der Waals surface area contributed by atoms with Gasteiger partial charge in [-0.15, -0.1) is 11.3 Å². The van der Waals surface area contributed by atoms with Gasteiger partial charge in [-0.1, -0.05) is 165 Å². The molecule has 1 aliphatic heterocycles. The first-order chi connectivity index (χ1) is 35.2. The zero-order valence-electron chi connectivity index (χ0n) is 39.1. The fourth-order valence-corrected chi connectivity index (χ4v) is 13.8. The number of rotatable bonds is 6. The van der Waals surface area contributed by atoms with Gasteiger partial charge in [0.1, 0.15) is 22.7 Å². The van der Waals surface area contributed by atoms with Crippen molar-refractivity contribution in [3.8, 4) is 44.9 Å². The van der Waals surface area contributed by atoms with Gasteiger partial charge in [0, 0.05) is 59.0 Å². The van der Waals surface area contributed by atoms with E-state index in [0.29, 0.717) is 5.92 Å². The van der Waals surface area contributed by atoms with Gasteiger partial charge in [-0.25, -0.2) is 0 Å². The van der Waals surface area contributed by atoms with Crippen molar-refractivity contribution >= 4 is 70.5 Å². The summed E-state index contributed by atoms with van der Waals surface area (Å²) in [6, 6.07) is 80.8. The molecule has 0 unspecified atom stereocenters. The summed E-state index contributed by atoms with van der Waals surface area (Å²) in [5.41, 5.74) is 17.5. The van der Waals surface area contributed by atoms with Crippen LogP contribution in [0.1, 0.15) is 65.8 Å². The molecule has 3 nitrogen and oxygen atoms in total. The topological polar surface area (TPSA) is 25.6 Å². The number of fused-ring (bicyclic) bond motifs is 15. The van der Waals surface area contributed by atoms with Crippen LogP contribution in [0, 0.1) is 0 Å². The van der Waals surface area contributed by atoms with Crippen LogP contribution in [0.15, 0.2) is 223 Å². The van der Waals surface area contributed by atoms with Crippen LogP contribution in [0.2, 0.25) is 0 Å². The monoisotopic (exact) mass is 929 g/mol. The standard InChI is InChI=1S/C67H47NO2S/c1-3-16-42(17-4-1)44-20-15-21-46(38-44)65-59(34-33-58-66(65)70-62-28-13-12-27-57(62)67(58)55-25-10-7-22-49(55)50-23-8-11-26-56(50)67)68(48-32-37-64-54(41-48)51-24-9-14-29-63(51)71-64)47-31-36-61-53(40-47)52-39-45(30-35-60(52)69-61)43-18-5-2-6-19-43/h1,3-4,7-17,20-41,43H,2,5-6,18-19H2. The minimum atomic E-state index is -0.633. The molecule has 10 aromatic carbocycles. The quantitative estimate of drug-likeness (QED) is 0.166. The Morgan fingerprint density at radius 1 is 0.437 bits per heavy atom. The van der Waals surface area contributed by atoms with Crippen molar-refractivity contribution in [1.82, 2.24) is 0 Å². The van der Waals surface area contributed by atoms with E-state index in [0.717, 1.165) is 72.9 Å². The molecule has 3 heterocycles. The minimum Gasteiger partial charge on any atom is -0.456 e. The van der Waals surface area contributed by atoms with Gasteiger partial charge in [-0.05, 0) is 136 Å². The summed E-state index contributed by atoms with van der Waals surface area (Å²) >= 11 is 1.85. The molecule has 338 valence electrons. The van der Waals surface area contributed by atoms with Crippen LogP contribution in [-0.4, -0.2) is 0 Å². The number of ether oxygens (including phenoxy) is 1. The minimum absolute atomic E-state index is 0.585. The second kappa shape index (κ2) is 15.9. The lowest BCUT2D eigenvalue weighted by Crippen LogP contribution is -2.32. The fourth-order valence-electron chi connectivity index (χ4n) is 12.8. The highest BCUT2D eigenvalue weighted by Crippen LogP contribution is 2.64. The molecule has 4 heteroatoms. The lowest BCUT2D eigenvalue weighted by Gasteiger charge is -2.41. The maximum Gasteiger partial charge on any atom is 0.142 e. The van der Waals surface area contributed by atoms with E-state index in [1.165, 1.54) is 91.0 Å². The number of furan rings is 1. The van der Waals surface area contributed by atoms with Crippen molar-refractivity contribution in [2.75, 3.05) is 4.90 Å². The summed E-state index contributed by atoms with van der Waals surface area (Å²) in [6.07, 6.45) is 6.42. The lowest BCUT2D eigenvalue weighted by atomic mass is 9.65. The molecule has 0 bridgehead atoms. The lowest BCUT2D eigenvalue weighted by molar-refractivity contribution is 0.438. The third-order valence-electron chi connectivity index (χ3n) is 15.9. The number of para-hydroxylation sites is 1. The molecular weight excluding hydrogens is 883 g/mol. The van der Waals surface area contributed by atoms with Crippen LogP contribution in [0.4, 0.5) is 17.1 Å². The first kappa shape index (κ1) is 40.7. The molecule has 0 saturated heterocycles. The first-order valence-corrected chi connectivity index (χ1v) is 26.0. The second-order valence-electron chi connectivity index (χ2n) is 19.7. The highest BCUT2D eigenvalue weighted by atomic mass is 32.1. The third-order valence-corrected chi connectivity index (χ3v) is 17.1. The number of hydrogen-bond donors (Lipinski definition) is 0. The molecule has 71 heavy (non-hydrogen) atoms. The maximum atomic E-state index is 7.55. The smallest absolute Gasteiger partial charge is 0.142 e. The second-order valence-corrected chi connectivity index (χ2v) is 20.8. The van der Waals surface area contributed by atoms with E-state index in [1.54, 1.807) is 0 Å². The van der Waals surface area contributed by atoms with Crippen molar-refractivity contribution in [2.45, 2.75) is 43.4 Å². The van der Waals surface area contributed by atoms with Gasteiger partial charge >= 0.3 is 0 Å². The van der Waals surface area contributed by atoms with E-state index in [1.807, 2.05) is 11.3 Å². The number of nitrogens with zero attached hydrogens (tertiary/aromatic N) is 1. The van der Waals surface area contributed by atoms with E-state index in [4.69, 9.17) is 9.15 Å². The summed E-state index contributed by atoms with van der Waals surface area (Å²) in [4.78, 5) is 2.48. The summed E-state index contributed by atoms with van der Waals surface area (Å²) in [5, 5.41) is 4.80. The Hall–Kier alpha value is -8.18. The van der Waals surface area contributed by atoms with Gasteiger partial charge in [-0.2, -0.15) is 0 Å². The molecule has 12 aromatic rings. The molecule has 1 saturated carbocycles. The van der Waals surface area contributed by atoms with E-state index < -0.39 is 5.41 Å². The van der Waals surface area contributed by atoms with Crippen LogP contribution >= 0.6 is 11.3 Å². The molecule has 1 fully saturated rings. The molecule has 0 atom stereocenters. The number of benzene rings is 10. The Kier molecular flexibility index (Phi) is 9.13. The SMILES string of the molecule is c1ccc(-c2cccc(-c3c(N(c4ccc5oc6ccc(C7CCCCC7)cc6c5c4)c4ccc5sc6ccccc6c5c4)ccc4c3Oc3ccccc3C43c4ccccc4-c4ccccc43)c2)cc1. The van der Waals surface area contributed by atoms with E-state index >= 15 is 0 Å². The molecule has 0 radical (unpaired) electrons. The maximum absolute atomic E-state index is 7.55. The number of hydrogen-bond acceptors (Lipinski definition) is 4. The molecule has 0 amide bonds. The third kappa shape index (κ3) is 6.14. The zero-order chi connectivity index (χ0) is 46.6. The van der Waals surface area contributed by atoms with Crippen molar-refractivity contribution < 1.29 is 9.15 Å². The number of thiophene rings is 1. The van der Waals surface area contributed by atoms with Gasteiger partial charge in [0.05, 0.1) is 11.1 Å². The summed E-state index contributed by atoms with van der Waals surface area (Å²) in [5.74, 6) is 2.31. The van der Waals surface area contributed by atoms with Gasteiger partial charge in [-0.3, -0.25) is 0 Å².